The van der Waals surface area contributed by atoms with Gasteiger partial charge in [-0.3, -0.25) is 4.79 Å². The van der Waals surface area contributed by atoms with Crippen LogP contribution in [0.15, 0.2) is 0 Å². The quantitative estimate of drug-likeness (QED) is 0.833. The van der Waals surface area contributed by atoms with Crippen LogP contribution in [0.25, 0.3) is 0 Å². The van der Waals surface area contributed by atoms with Gasteiger partial charge in [-0.1, -0.05) is 32.6 Å². The van der Waals surface area contributed by atoms with Gasteiger partial charge in [-0.15, -0.1) is 0 Å². The standard InChI is InChI=1S/C15H28N2O/c1-12(11-13-5-3-4-6-13)15(18)17(2)14-7-9-16-10-8-14/h12-14,16H,3-11H2,1-2H3. The molecule has 104 valence electrons. The second-order valence-corrected chi connectivity index (χ2v) is 6.22. The summed E-state index contributed by atoms with van der Waals surface area (Å²) in [5, 5.41) is 3.36. The summed E-state index contributed by atoms with van der Waals surface area (Å²) in [6.45, 7) is 4.23. The lowest BCUT2D eigenvalue weighted by Gasteiger charge is -2.33. The molecule has 0 aromatic carbocycles. The molecular weight excluding hydrogens is 224 g/mol. The predicted octanol–water partition coefficient (Wildman–Crippen LogP) is 2.41. The maximum absolute atomic E-state index is 12.4. The second kappa shape index (κ2) is 6.55. The van der Waals surface area contributed by atoms with Crippen LogP contribution in [-0.4, -0.2) is 37.0 Å². The van der Waals surface area contributed by atoms with Gasteiger partial charge in [-0.05, 0) is 38.3 Å². The number of carbonyl (C=O) groups excluding carboxylic acids is 1. The van der Waals surface area contributed by atoms with Crippen molar-refractivity contribution in [1.29, 1.82) is 0 Å². The molecule has 0 spiro atoms. The number of nitrogens with zero attached hydrogens (tertiary/aromatic N) is 1. The number of rotatable bonds is 4. The van der Waals surface area contributed by atoms with Crippen molar-refractivity contribution in [3.8, 4) is 0 Å². The molecule has 2 rings (SSSR count). The van der Waals surface area contributed by atoms with Crippen LogP contribution in [0.5, 0.6) is 0 Å². The summed E-state index contributed by atoms with van der Waals surface area (Å²) in [5.74, 6) is 1.40. The van der Waals surface area contributed by atoms with E-state index < -0.39 is 0 Å². The van der Waals surface area contributed by atoms with Gasteiger partial charge in [-0.25, -0.2) is 0 Å². The topological polar surface area (TPSA) is 32.3 Å². The molecule has 1 aliphatic heterocycles. The lowest BCUT2D eigenvalue weighted by atomic mass is 9.93. The molecule has 0 aromatic rings. The van der Waals surface area contributed by atoms with Gasteiger partial charge in [0, 0.05) is 19.0 Å². The molecule has 2 fully saturated rings. The first-order chi connectivity index (χ1) is 8.68. The van der Waals surface area contributed by atoms with E-state index in [0.717, 1.165) is 38.3 Å². The van der Waals surface area contributed by atoms with Crippen molar-refractivity contribution in [2.75, 3.05) is 20.1 Å². The molecule has 0 radical (unpaired) electrons. The number of carbonyl (C=O) groups is 1. The number of amides is 1. The molecule has 0 bridgehead atoms. The SMILES string of the molecule is CC(CC1CCCC1)C(=O)N(C)C1CCNCC1. The van der Waals surface area contributed by atoms with E-state index in [1.54, 1.807) is 0 Å². The zero-order chi connectivity index (χ0) is 13.0. The fourth-order valence-electron chi connectivity index (χ4n) is 3.57. The highest BCUT2D eigenvalue weighted by Gasteiger charge is 2.27. The Morgan fingerprint density at radius 3 is 2.44 bits per heavy atom. The van der Waals surface area contributed by atoms with Gasteiger partial charge in [0.05, 0.1) is 0 Å². The predicted molar refractivity (Wildman–Crippen MR) is 74.4 cm³/mol. The Morgan fingerprint density at radius 1 is 1.22 bits per heavy atom. The molecule has 1 heterocycles. The summed E-state index contributed by atoms with van der Waals surface area (Å²) in [4.78, 5) is 14.5. The first-order valence-corrected chi connectivity index (χ1v) is 7.66. The zero-order valence-electron chi connectivity index (χ0n) is 12.0. The van der Waals surface area contributed by atoms with E-state index in [4.69, 9.17) is 0 Å². The molecule has 1 saturated carbocycles. The van der Waals surface area contributed by atoms with Crippen LogP contribution in [0.3, 0.4) is 0 Å². The fourth-order valence-corrected chi connectivity index (χ4v) is 3.57. The van der Waals surface area contributed by atoms with Crippen molar-refractivity contribution < 1.29 is 4.79 Å². The van der Waals surface area contributed by atoms with Crippen molar-refractivity contribution in [2.24, 2.45) is 11.8 Å². The van der Waals surface area contributed by atoms with E-state index in [2.05, 4.69) is 12.2 Å². The molecule has 1 aliphatic carbocycles. The second-order valence-electron chi connectivity index (χ2n) is 6.22. The number of hydrogen-bond acceptors (Lipinski definition) is 2. The molecular formula is C15H28N2O. The molecule has 3 heteroatoms. The number of hydrogen-bond donors (Lipinski definition) is 1. The first-order valence-electron chi connectivity index (χ1n) is 7.66. The lowest BCUT2D eigenvalue weighted by molar-refractivity contribution is -0.136. The Labute approximate surface area is 111 Å². The Morgan fingerprint density at radius 2 is 1.83 bits per heavy atom. The van der Waals surface area contributed by atoms with Crippen LogP contribution in [0.2, 0.25) is 0 Å². The van der Waals surface area contributed by atoms with Gasteiger partial charge in [-0.2, -0.15) is 0 Å². The van der Waals surface area contributed by atoms with Crippen LogP contribution < -0.4 is 5.32 Å². The van der Waals surface area contributed by atoms with Crippen LogP contribution in [0, 0.1) is 11.8 Å². The van der Waals surface area contributed by atoms with Crippen molar-refractivity contribution in [3.05, 3.63) is 0 Å². The summed E-state index contributed by atoms with van der Waals surface area (Å²) in [5.41, 5.74) is 0. The Kier molecular flexibility index (Phi) is 5.04. The number of nitrogens with one attached hydrogen (secondary N) is 1. The third-order valence-electron chi connectivity index (χ3n) is 4.79. The van der Waals surface area contributed by atoms with Gasteiger partial charge in [0.25, 0.3) is 0 Å². The summed E-state index contributed by atoms with van der Waals surface area (Å²) >= 11 is 0. The third-order valence-corrected chi connectivity index (χ3v) is 4.79. The van der Waals surface area contributed by atoms with Crippen molar-refractivity contribution in [2.45, 2.75) is 57.9 Å². The largest absolute Gasteiger partial charge is 0.342 e. The van der Waals surface area contributed by atoms with Crippen LogP contribution in [0.1, 0.15) is 51.9 Å². The summed E-state index contributed by atoms with van der Waals surface area (Å²) in [6.07, 6.45) is 8.75. The van der Waals surface area contributed by atoms with E-state index in [-0.39, 0.29) is 5.92 Å². The summed E-state index contributed by atoms with van der Waals surface area (Å²) < 4.78 is 0. The number of piperidine rings is 1. The van der Waals surface area contributed by atoms with E-state index in [1.165, 1.54) is 25.7 Å². The molecule has 3 nitrogen and oxygen atoms in total. The molecule has 2 aliphatic rings. The van der Waals surface area contributed by atoms with Gasteiger partial charge in [0.2, 0.25) is 5.91 Å². The Hall–Kier alpha value is -0.570. The van der Waals surface area contributed by atoms with E-state index in [9.17, 15) is 4.79 Å². The monoisotopic (exact) mass is 252 g/mol. The van der Waals surface area contributed by atoms with Crippen LogP contribution in [0.4, 0.5) is 0 Å². The molecule has 0 aromatic heterocycles. The van der Waals surface area contributed by atoms with Gasteiger partial charge < -0.3 is 10.2 Å². The average Bonchev–Trinajstić information content (AvgIpc) is 2.91. The third kappa shape index (κ3) is 3.47. The van der Waals surface area contributed by atoms with Crippen LogP contribution >= 0.6 is 0 Å². The minimum absolute atomic E-state index is 0.216. The zero-order valence-corrected chi connectivity index (χ0v) is 12.0. The smallest absolute Gasteiger partial charge is 0.225 e. The summed E-state index contributed by atoms with van der Waals surface area (Å²) in [7, 11) is 2.00. The van der Waals surface area contributed by atoms with Crippen molar-refractivity contribution in [1.82, 2.24) is 10.2 Å². The molecule has 1 unspecified atom stereocenters. The first kappa shape index (κ1) is 13.9. The molecule has 18 heavy (non-hydrogen) atoms. The minimum atomic E-state index is 0.216. The van der Waals surface area contributed by atoms with Gasteiger partial charge in [0.1, 0.15) is 0 Å². The van der Waals surface area contributed by atoms with Crippen molar-refractivity contribution in [3.63, 3.8) is 0 Å². The highest BCUT2D eigenvalue weighted by molar-refractivity contribution is 5.78. The molecule has 1 saturated heterocycles. The normalized spacial score (nSPS) is 24.1. The molecule has 1 N–H and O–H groups in total. The van der Waals surface area contributed by atoms with Gasteiger partial charge >= 0.3 is 0 Å². The molecule has 1 amide bonds. The minimum Gasteiger partial charge on any atom is -0.342 e. The van der Waals surface area contributed by atoms with E-state index >= 15 is 0 Å². The molecule has 1 atom stereocenters. The van der Waals surface area contributed by atoms with Gasteiger partial charge in [0.15, 0.2) is 0 Å². The Bertz CT molecular complexity index is 268. The van der Waals surface area contributed by atoms with E-state index in [0.29, 0.717) is 11.9 Å². The average molecular weight is 252 g/mol. The maximum atomic E-state index is 12.4. The Balaban J connectivity index is 1.80. The maximum Gasteiger partial charge on any atom is 0.225 e. The van der Waals surface area contributed by atoms with Crippen molar-refractivity contribution >= 4 is 5.91 Å². The van der Waals surface area contributed by atoms with Crippen LogP contribution in [-0.2, 0) is 4.79 Å². The summed E-state index contributed by atoms with van der Waals surface area (Å²) in [6, 6.07) is 0.463. The van der Waals surface area contributed by atoms with E-state index in [1.807, 2.05) is 11.9 Å². The fraction of sp³-hybridized carbons (Fsp3) is 0.933. The highest BCUT2D eigenvalue weighted by Crippen LogP contribution is 2.31. The lowest BCUT2D eigenvalue weighted by Crippen LogP contribution is -2.45. The highest BCUT2D eigenvalue weighted by atomic mass is 16.2.